The molecule has 32 heavy (non-hydrogen) atoms. The second-order valence-corrected chi connectivity index (χ2v) is 8.47. The Morgan fingerprint density at radius 3 is 2.59 bits per heavy atom. The van der Waals surface area contributed by atoms with Gasteiger partial charge in [0.25, 0.3) is 5.91 Å². The number of likely N-dealkylation sites (tertiary alicyclic amines) is 1. The molecule has 3 aromatic rings. The lowest BCUT2D eigenvalue weighted by atomic mass is 9.86. The van der Waals surface area contributed by atoms with Crippen molar-refractivity contribution in [1.29, 1.82) is 0 Å². The van der Waals surface area contributed by atoms with Gasteiger partial charge in [-0.2, -0.15) is 0 Å². The molecule has 2 aromatic heterocycles. The maximum Gasteiger partial charge on any atom is 0.254 e. The fraction of sp³-hybridized carbons (Fsp3) is 0.435. The highest BCUT2D eigenvalue weighted by Gasteiger charge is 2.43. The van der Waals surface area contributed by atoms with Crippen LogP contribution in [-0.4, -0.2) is 48.7 Å². The number of aryl methyl sites for hydroxylation is 2. The van der Waals surface area contributed by atoms with E-state index in [0.717, 1.165) is 24.2 Å². The minimum Gasteiger partial charge on any atom is -0.348 e. The Balaban J connectivity index is 1.47. The van der Waals surface area contributed by atoms with Crippen LogP contribution < -0.4 is 5.32 Å². The minimum atomic E-state index is -0.924. The number of nitrogens with zero attached hydrogens (tertiary/aromatic N) is 5. The third kappa shape index (κ3) is 4.28. The van der Waals surface area contributed by atoms with Crippen molar-refractivity contribution in [3.05, 3.63) is 65.0 Å². The van der Waals surface area contributed by atoms with Crippen molar-refractivity contribution < 1.29 is 14.2 Å². The number of imidazole rings is 1. The number of nitrogens with one attached hydrogen (secondary N) is 1. The van der Waals surface area contributed by atoms with Crippen LogP contribution in [-0.2, 0) is 17.9 Å². The highest BCUT2D eigenvalue weighted by atomic mass is 16.6. The summed E-state index contributed by atoms with van der Waals surface area (Å²) in [5, 5.41) is 10.5. The van der Waals surface area contributed by atoms with E-state index < -0.39 is 5.54 Å². The molecule has 0 saturated carbocycles. The Bertz CT molecular complexity index is 1100. The topological polar surface area (TPSA) is 106 Å². The molecule has 1 atom stereocenters. The monoisotopic (exact) mass is 436 g/mol. The molecule has 1 saturated heterocycles. The van der Waals surface area contributed by atoms with Gasteiger partial charge in [-0.25, -0.2) is 9.61 Å². The van der Waals surface area contributed by atoms with Crippen LogP contribution in [0.1, 0.15) is 59.3 Å². The molecule has 0 unspecified atom stereocenters. The van der Waals surface area contributed by atoms with Crippen LogP contribution in [0.2, 0.25) is 0 Å². The fourth-order valence-corrected chi connectivity index (χ4v) is 4.12. The fourth-order valence-electron chi connectivity index (χ4n) is 4.12. The summed E-state index contributed by atoms with van der Waals surface area (Å²) >= 11 is 0. The first-order valence-electron chi connectivity index (χ1n) is 10.8. The first kappa shape index (κ1) is 21.7. The number of carbonyl (C=O) groups excluding carboxylic acids is 2. The molecule has 1 N–H and O–H groups in total. The summed E-state index contributed by atoms with van der Waals surface area (Å²) < 4.78 is 6.74. The van der Waals surface area contributed by atoms with Gasteiger partial charge < -0.3 is 14.8 Å². The first-order valence-corrected chi connectivity index (χ1v) is 10.8. The molecule has 0 radical (unpaired) electrons. The van der Waals surface area contributed by atoms with Crippen LogP contribution in [0, 0.1) is 13.8 Å². The molecular formula is C23H28N6O3. The third-order valence-electron chi connectivity index (χ3n) is 6.27. The first-order chi connectivity index (χ1) is 15.4. The van der Waals surface area contributed by atoms with Crippen molar-refractivity contribution in [3.63, 3.8) is 0 Å². The standard InChI is InChI=1S/C23H28N6O3/c1-16-20(27-32-26-16)14-25-22(31)23(3)10-4-5-12-29(23)21(30)19-8-6-18(7-9-19)15-28-13-11-24-17(28)2/h6-9,11,13H,4-5,10,12,14-15H2,1-3H3,(H,25,31)/t23-/m1/s1. The van der Waals surface area contributed by atoms with E-state index in [2.05, 4.69) is 25.2 Å². The predicted molar refractivity (Wildman–Crippen MR) is 117 cm³/mol. The maximum atomic E-state index is 13.4. The lowest BCUT2D eigenvalue weighted by Gasteiger charge is -2.43. The van der Waals surface area contributed by atoms with E-state index in [0.29, 0.717) is 36.5 Å². The summed E-state index contributed by atoms with van der Waals surface area (Å²) in [4.78, 5) is 32.5. The molecule has 1 aromatic carbocycles. The summed E-state index contributed by atoms with van der Waals surface area (Å²) in [6.45, 7) is 7.02. The minimum absolute atomic E-state index is 0.132. The molecule has 4 rings (SSSR count). The van der Waals surface area contributed by atoms with Crippen LogP contribution in [0.5, 0.6) is 0 Å². The van der Waals surface area contributed by atoms with Crippen LogP contribution in [0.15, 0.2) is 41.3 Å². The van der Waals surface area contributed by atoms with E-state index in [1.54, 1.807) is 18.0 Å². The van der Waals surface area contributed by atoms with Gasteiger partial charge in [0.2, 0.25) is 5.91 Å². The number of benzene rings is 1. The van der Waals surface area contributed by atoms with Gasteiger partial charge in [-0.3, -0.25) is 9.59 Å². The molecular weight excluding hydrogens is 408 g/mol. The molecule has 0 aliphatic carbocycles. The van der Waals surface area contributed by atoms with E-state index in [9.17, 15) is 9.59 Å². The van der Waals surface area contributed by atoms with Gasteiger partial charge in [0, 0.05) is 31.0 Å². The van der Waals surface area contributed by atoms with Gasteiger partial charge in [-0.05, 0) is 57.7 Å². The average Bonchev–Trinajstić information content (AvgIpc) is 3.40. The second kappa shape index (κ2) is 8.94. The van der Waals surface area contributed by atoms with Gasteiger partial charge in [0.05, 0.1) is 6.54 Å². The number of amides is 2. The van der Waals surface area contributed by atoms with Crippen molar-refractivity contribution in [2.75, 3.05) is 6.54 Å². The zero-order valence-electron chi connectivity index (χ0n) is 18.7. The van der Waals surface area contributed by atoms with Crippen molar-refractivity contribution >= 4 is 11.8 Å². The number of hydrogen-bond acceptors (Lipinski definition) is 6. The summed E-state index contributed by atoms with van der Waals surface area (Å²) in [5.41, 5.74) is 1.96. The number of piperidine rings is 1. The van der Waals surface area contributed by atoms with Gasteiger partial charge >= 0.3 is 0 Å². The zero-order valence-corrected chi connectivity index (χ0v) is 18.7. The Morgan fingerprint density at radius 2 is 1.94 bits per heavy atom. The number of aromatic nitrogens is 4. The van der Waals surface area contributed by atoms with Crippen molar-refractivity contribution in [1.82, 2.24) is 30.1 Å². The lowest BCUT2D eigenvalue weighted by molar-refractivity contribution is -0.133. The molecule has 2 amide bonds. The smallest absolute Gasteiger partial charge is 0.254 e. The molecule has 1 aliphatic rings. The van der Waals surface area contributed by atoms with E-state index in [4.69, 9.17) is 4.63 Å². The predicted octanol–water partition coefficient (Wildman–Crippen LogP) is 2.63. The van der Waals surface area contributed by atoms with E-state index in [1.165, 1.54) is 0 Å². The van der Waals surface area contributed by atoms with Gasteiger partial charge in [-0.15, -0.1) is 0 Å². The molecule has 1 aliphatic heterocycles. The quantitative estimate of drug-likeness (QED) is 0.637. The summed E-state index contributed by atoms with van der Waals surface area (Å²) in [6, 6.07) is 7.57. The van der Waals surface area contributed by atoms with Crippen LogP contribution in [0.25, 0.3) is 0 Å². The maximum absolute atomic E-state index is 13.4. The molecule has 9 nitrogen and oxygen atoms in total. The summed E-state index contributed by atoms with van der Waals surface area (Å²) in [5.74, 6) is 0.615. The second-order valence-electron chi connectivity index (χ2n) is 8.47. The molecule has 3 heterocycles. The van der Waals surface area contributed by atoms with E-state index in [1.807, 2.05) is 44.3 Å². The van der Waals surface area contributed by atoms with Crippen LogP contribution in [0.3, 0.4) is 0 Å². The summed E-state index contributed by atoms with van der Waals surface area (Å²) in [7, 11) is 0. The number of rotatable bonds is 6. The highest BCUT2D eigenvalue weighted by molar-refractivity contribution is 5.99. The van der Waals surface area contributed by atoms with E-state index >= 15 is 0 Å². The molecule has 0 bridgehead atoms. The van der Waals surface area contributed by atoms with Crippen molar-refractivity contribution in [2.24, 2.45) is 0 Å². The SMILES string of the molecule is Cc1nonc1CNC(=O)[C@@]1(C)CCCCN1C(=O)c1ccc(Cn2ccnc2C)cc1. The summed E-state index contributed by atoms with van der Waals surface area (Å²) in [6.07, 6.45) is 6.08. The Morgan fingerprint density at radius 1 is 1.16 bits per heavy atom. The van der Waals surface area contributed by atoms with E-state index in [-0.39, 0.29) is 18.4 Å². The van der Waals surface area contributed by atoms with Crippen molar-refractivity contribution in [2.45, 2.75) is 58.7 Å². The third-order valence-corrected chi connectivity index (χ3v) is 6.27. The number of hydrogen-bond donors (Lipinski definition) is 1. The average molecular weight is 437 g/mol. The van der Waals surface area contributed by atoms with Crippen LogP contribution in [0.4, 0.5) is 0 Å². The van der Waals surface area contributed by atoms with Gasteiger partial charge in [0.15, 0.2) is 0 Å². The normalized spacial score (nSPS) is 18.5. The van der Waals surface area contributed by atoms with Gasteiger partial charge in [-0.1, -0.05) is 22.4 Å². The molecule has 1 fully saturated rings. The largest absolute Gasteiger partial charge is 0.348 e. The Labute approximate surface area is 186 Å². The highest BCUT2D eigenvalue weighted by Crippen LogP contribution is 2.30. The molecule has 9 heteroatoms. The Kier molecular flexibility index (Phi) is 6.07. The molecule has 0 spiro atoms. The molecule has 168 valence electrons. The van der Waals surface area contributed by atoms with Crippen molar-refractivity contribution in [3.8, 4) is 0 Å². The van der Waals surface area contributed by atoms with Gasteiger partial charge in [0.1, 0.15) is 22.8 Å². The zero-order chi connectivity index (χ0) is 22.7. The Hall–Kier alpha value is -3.49. The lowest BCUT2D eigenvalue weighted by Crippen LogP contribution is -2.60. The van der Waals surface area contributed by atoms with Crippen LogP contribution >= 0.6 is 0 Å². The number of carbonyl (C=O) groups is 2.